The van der Waals surface area contributed by atoms with Crippen LogP contribution in [0.2, 0.25) is 0 Å². The van der Waals surface area contributed by atoms with Gasteiger partial charge in [-0.05, 0) is 11.6 Å². The maximum Gasteiger partial charge on any atom is 0.154 e. The van der Waals surface area contributed by atoms with Crippen LogP contribution in [0.3, 0.4) is 0 Å². The second kappa shape index (κ2) is 5.93. The van der Waals surface area contributed by atoms with Crippen molar-refractivity contribution >= 4 is 21.7 Å². The lowest BCUT2D eigenvalue weighted by molar-refractivity contribution is -0.119. The molecule has 0 radical (unpaired) electrons. The Kier molecular flexibility index (Phi) is 4.28. The van der Waals surface area contributed by atoms with Crippen LogP contribution < -0.4 is 5.73 Å². The van der Waals surface area contributed by atoms with Gasteiger partial charge in [-0.15, -0.1) is 0 Å². The summed E-state index contributed by atoms with van der Waals surface area (Å²) >= 11 is 3.43. The van der Waals surface area contributed by atoms with Crippen molar-refractivity contribution in [2.75, 3.05) is 0 Å². The Morgan fingerprint density at radius 1 is 1.44 bits per heavy atom. The smallest absolute Gasteiger partial charge is 0.154 e. The molecule has 4 nitrogen and oxygen atoms in total. The normalized spacial score (nSPS) is 12.3. The summed E-state index contributed by atoms with van der Waals surface area (Å²) in [6, 6.07) is 7.17. The number of nitrogens with one attached hydrogen (secondary N) is 1. The fourth-order valence-electron chi connectivity index (χ4n) is 1.71. The zero-order chi connectivity index (χ0) is 13.0. The molecule has 1 aromatic heterocycles. The number of imidazole rings is 1. The van der Waals surface area contributed by atoms with Crippen LogP contribution in [0, 0.1) is 0 Å². The second-order valence-electron chi connectivity index (χ2n) is 4.12. The number of carbonyl (C=O) groups excluding carboxylic acids is 1. The number of aromatic amines is 1. The molecule has 2 aromatic rings. The van der Waals surface area contributed by atoms with Gasteiger partial charge in [0.1, 0.15) is 0 Å². The van der Waals surface area contributed by atoms with Crippen molar-refractivity contribution < 1.29 is 4.79 Å². The van der Waals surface area contributed by atoms with Crippen LogP contribution in [0.4, 0.5) is 0 Å². The van der Waals surface area contributed by atoms with Crippen LogP contribution in [0.25, 0.3) is 0 Å². The molecule has 0 aliphatic carbocycles. The highest BCUT2D eigenvalue weighted by molar-refractivity contribution is 9.10. The van der Waals surface area contributed by atoms with E-state index in [1.807, 2.05) is 24.3 Å². The van der Waals surface area contributed by atoms with Gasteiger partial charge in [-0.2, -0.15) is 0 Å². The maximum atomic E-state index is 12.0. The average Bonchev–Trinajstić information content (AvgIpc) is 2.84. The number of hydrogen-bond donors (Lipinski definition) is 2. The predicted molar refractivity (Wildman–Crippen MR) is 73.1 cm³/mol. The van der Waals surface area contributed by atoms with Crippen molar-refractivity contribution in [2.24, 2.45) is 5.73 Å². The van der Waals surface area contributed by atoms with Crippen LogP contribution in [0.1, 0.15) is 11.3 Å². The van der Waals surface area contributed by atoms with E-state index in [1.54, 1.807) is 12.5 Å². The van der Waals surface area contributed by atoms with Crippen LogP contribution >= 0.6 is 15.9 Å². The Morgan fingerprint density at radius 3 is 2.89 bits per heavy atom. The molecule has 0 spiro atoms. The predicted octanol–water partition coefficient (Wildman–Crippen LogP) is 1.85. The fourth-order valence-corrected chi connectivity index (χ4v) is 2.13. The van der Waals surface area contributed by atoms with Crippen LogP contribution in [-0.4, -0.2) is 21.8 Å². The van der Waals surface area contributed by atoms with E-state index in [0.717, 1.165) is 15.7 Å². The molecule has 0 saturated carbocycles. The fraction of sp³-hybridized carbons (Fsp3) is 0.231. The lowest BCUT2D eigenvalue weighted by Gasteiger charge is -2.10. The molecule has 0 amide bonds. The van der Waals surface area contributed by atoms with E-state index in [4.69, 9.17) is 5.73 Å². The molecule has 1 heterocycles. The Labute approximate surface area is 114 Å². The minimum absolute atomic E-state index is 0.0245. The molecular weight excluding hydrogens is 294 g/mol. The van der Waals surface area contributed by atoms with E-state index in [-0.39, 0.29) is 5.78 Å². The number of H-pyrrole nitrogens is 1. The lowest BCUT2D eigenvalue weighted by atomic mass is 10.0. The summed E-state index contributed by atoms with van der Waals surface area (Å²) in [5.74, 6) is 0.0245. The third kappa shape index (κ3) is 3.27. The molecule has 5 heteroatoms. The Morgan fingerprint density at radius 2 is 2.22 bits per heavy atom. The number of rotatable bonds is 5. The molecule has 0 saturated heterocycles. The summed E-state index contributed by atoms with van der Waals surface area (Å²) in [5, 5.41) is 0. The van der Waals surface area contributed by atoms with Gasteiger partial charge in [0, 0.05) is 29.2 Å². The molecule has 0 aliphatic heterocycles. The van der Waals surface area contributed by atoms with Crippen molar-refractivity contribution in [2.45, 2.75) is 18.9 Å². The topological polar surface area (TPSA) is 71.8 Å². The maximum absolute atomic E-state index is 12.0. The number of ketones is 1. The standard InChI is InChI=1S/C13H14BrN3O/c14-11-4-2-1-3-9(11)5-13(18)12(15)6-10-7-16-8-17-10/h1-4,7-8,12H,5-6,15H2,(H,16,17)/t12-/m0/s1. The number of aromatic nitrogens is 2. The summed E-state index contributed by atoms with van der Waals surface area (Å²) in [4.78, 5) is 18.9. The van der Waals surface area contributed by atoms with Crippen molar-refractivity contribution in [1.29, 1.82) is 0 Å². The lowest BCUT2D eigenvalue weighted by Crippen LogP contribution is -2.34. The van der Waals surface area contributed by atoms with E-state index in [0.29, 0.717) is 12.8 Å². The summed E-state index contributed by atoms with van der Waals surface area (Å²) in [5.41, 5.74) is 7.73. The van der Waals surface area contributed by atoms with E-state index in [9.17, 15) is 4.79 Å². The second-order valence-corrected chi connectivity index (χ2v) is 4.98. The van der Waals surface area contributed by atoms with Crippen LogP contribution in [0.15, 0.2) is 41.3 Å². The third-order valence-electron chi connectivity index (χ3n) is 2.73. The number of halogens is 1. The first-order valence-corrected chi connectivity index (χ1v) is 6.45. The van der Waals surface area contributed by atoms with Crippen LogP contribution in [0.5, 0.6) is 0 Å². The minimum Gasteiger partial charge on any atom is -0.348 e. The number of hydrogen-bond acceptors (Lipinski definition) is 3. The van der Waals surface area contributed by atoms with E-state index in [2.05, 4.69) is 25.9 Å². The van der Waals surface area contributed by atoms with Crippen molar-refractivity contribution in [3.8, 4) is 0 Å². The first-order chi connectivity index (χ1) is 8.66. The number of carbonyl (C=O) groups is 1. The highest BCUT2D eigenvalue weighted by Crippen LogP contribution is 2.17. The Balaban J connectivity index is 1.98. The quantitative estimate of drug-likeness (QED) is 0.885. The third-order valence-corrected chi connectivity index (χ3v) is 3.50. The molecule has 0 bridgehead atoms. The molecule has 0 aliphatic rings. The molecule has 0 fully saturated rings. The molecule has 94 valence electrons. The summed E-state index contributed by atoms with van der Waals surface area (Å²) in [6.45, 7) is 0. The molecule has 1 atom stereocenters. The van der Waals surface area contributed by atoms with E-state index >= 15 is 0 Å². The zero-order valence-corrected chi connectivity index (χ0v) is 11.4. The monoisotopic (exact) mass is 307 g/mol. The highest BCUT2D eigenvalue weighted by atomic mass is 79.9. The van der Waals surface area contributed by atoms with Gasteiger partial charge >= 0.3 is 0 Å². The van der Waals surface area contributed by atoms with E-state index < -0.39 is 6.04 Å². The van der Waals surface area contributed by atoms with Gasteiger partial charge in [0.25, 0.3) is 0 Å². The molecule has 3 N–H and O–H groups in total. The van der Waals surface area contributed by atoms with Gasteiger partial charge in [-0.3, -0.25) is 4.79 Å². The van der Waals surface area contributed by atoms with Gasteiger partial charge in [0.15, 0.2) is 5.78 Å². The summed E-state index contributed by atoms with van der Waals surface area (Å²) < 4.78 is 0.937. The molecular formula is C13H14BrN3O. The van der Waals surface area contributed by atoms with Gasteiger partial charge in [-0.25, -0.2) is 4.98 Å². The molecule has 1 aromatic carbocycles. The summed E-state index contributed by atoms with van der Waals surface area (Å²) in [7, 11) is 0. The van der Waals surface area contributed by atoms with E-state index in [1.165, 1.54) is 0 Å². The van der Waals surface area contributed by atoms with Gasteiger partial charge in [0.2, 0.25) is 0 Å². The summed E-state index contributed by atoms with van der Waals surface area (Å²) in [6.07, 6.45) is 4.10. The number of nitrogens with two attached hydrogens (primary N) is 1. The first-order valence-electron chi connectivity index (χ1n) is 5.66. The zero-order valence-electron chi connectivity index (χ0n) is 9.77. The highest BCUT2D eigenvalue weighted by Gasteiger charge is 2.16. The van der Waals surface area contributed by atoms with Gasteiger partial charge in [0.05, 0.1) is 12.4 Å². The number of benzene rings is 1. The minimum atomic E-state index is -0.502. The Bertz CT molecular complexity index is 525. The van der Waals surface area contributed by atoms with Gasteiger partial charge < -0.3 is 10.7 Å². The van der Waals surface area contributed by atoms with Gasteiger partial charge in [-0.1, -0.05) is 34.1 Å². The molecule has 2 rings (SSSR count). The number of Topliss-reactive ketones (excluding diaryl/α,β-unsaturated/α-hetero) is 1. The van der Waals surface area contributed by atoms with Crippen molar-refractivity contribution in [3.05, 3.63) is 52.5 Å². The van der Waals surface area contributed by atoms with Crippen molar-refractivity contribution in [3.63, 3.8) is 0 Å². The first kappa shape index (κ1) is 13.0. The number of nitrogens with zero attached hydrogens (tertiary/aromatic N) is 1. The SMILES string of the molecule is N[C@@H](Cc1cnc[nH]1)C(=O)Cc1ccccc1Br. The van der Waals surface area contributed by atoms with Crippen LogP contribution in [-0.2, 0) is 17.6 Å². The largest absolute Gasteiger partial charge is 0.348 e. The molecule has 18 heavy (non-hydrogen) atoms. The average molecular weight is 308 g/mol. The Hall–Kier alpha value is -1.46. The molecule has 0 unspecified atom stereocenters. The van der Waals surface area contributed by atoms with Crippen molar-refractivity contribution in [1.82, 2.24) is 9.97 Å².